The summed E-state index contributed by atoms with van der Waals surface area (Å²) in [6.45, 7) is 4.24. The number of amides is 1. The van der Waals surface area contributed by atoms with Gasteiger partial charge >= 0.3 is 0 Å². The molecule has 1 fully saturated rings. The summed E-state index contributed by atoms with van der Waals surface area (Å²) in [5.74, 6) is -1.09. The Morgan fingerprint density at radius 2 is 2.21 bits per heavy atom. The number of hydrogen-bond donors (Lipinski definition) is 1. The lowest BCUT2D eigenvalue weighted by Crippen LogP contribution is -2.29. The van der Waals surface area contributed by atoms with Crippen LogP contribution in [0, 0.1) is 5.92 Å². The topological polar surface area (TPSA) is 40.5 Å². The molecule has 1 N–H and O–H groups in total. The molecule has 0 aromatic rings. The fourth-order valence-electron chi connectivity index (χ4n) is 1.52. The van der Waals surface area contributed by atoms with E-state index >= 15 is 0 Å². The number of carbonyl (C=O) groups excluding carboxylic acids is 1. The van der Waals surface area contributed by atoms with Gasteiger partial charge in [-0.1, -0.05) is 0 Å². The molecule has 1 aliphatic heterocycles. The summed E-state index contributed by atoms with van der Waals surface area (Å²) < 4.78 is 13.2. The zero-order chi connectivity index (χ0) is 10.7. The minimum Gasteiger partial charge on any atom is -0.396 e. The van der Waals surface area contributed by atoms with Gasteiger partial charge in [0.05, 0.1) is 0 Å². The SMILES string of the molecule is CC(C)=C(F)C(=O)N1CCC(CO)C1. The van der Waals surface area contributed by atoms with E-state index in [1.54, 1.807) is 13.8 Å². The predicted molar refractivity (Wildman–Crippen MR) is 51.3 cm³/mol. The van der Waals surface area contributed by atoms with Crippen LogP contribution < -0.4 is 0 Å². The monoisotopic (exact) mass is 201 g/mol. The maximum absolute atomic E-state index is 13.2. The van der Waals surface area contributed by atoms with Crippen LogP contribution in [-0.4, -0.2) is 35.6 Å². The quantitative estimate of drug-likeness (QED) is 0.679. The van der Waals surface area contributed by atoms with Crippen molar-refractivity contribution in [3.63, 3.8) is 0 Å². The molecule has 14 heavy (non-hydrogen) atoms. The molecule has 0 bridgehead atoms. The number of likely N-dealkylation sites (tertiary alicyclic amines) is 1. The lowest BCUT2D eigenvalue weighted by molar-refractivity contribution is -0.127. The zero-order valence-corrected chi connectivity index (χ0v) is 8.59. The highest BCUT2D eigenvalue weighted by Gasteiger charge is 2.27. The van der Waals surface area contributed by atoms with Gasteiger partial charge in [-0.2, -0.15) is 0 Å². The molecule has 1 unspecified atom stereocenters. The lowest BCUT2D eigenvalue weighted by atomic mass is 10.1. The van der Waals surface area contributed by atoms with Crippen LogP contribution in [0.5, 0.6) is 0 Å². The van der Waals surface area contributed by atoms with Crippen LogP contribution in [0.25, 0.3) is 0 Å². The average Bonchev–Trinajstić information content (AvgIpc) is 2.63. The number of halogens is 1. The molecule has 1 amide bonds. The summed E-state index contributed by atoms with van der Waals surface area (Å²) in [5, 5.41) is 8.87. The van der Waals surface area contributed by atoms with Gasteiger partial charge in [-0.3, -0.25) is 4.79 Å². The molecule has 1 rings (SSSR count). The first-order valence-electron chi connectivity index (χ1n) is 4.79. The molecule has 0 aromatic carbocycles. The number of aliphatic hydroxyl groups is 1. The van der Waals surface area contributed by atoms with Gasteiger partial charge in [0, 0.05) is 25.6 Å². The third-order valence-corrected chi connectivity index (χ3v) is 2.46. The molecule has 1 aliphatic rings. The number of carbonyl (C=O) groups is 1. The Hall–Kier alpha value is -0.900. The van der Waals surface area contributed by atoms with E-state index in [9.17, 15) is 9.18 Å². The van der Waals surface area contributed by atoms with Crippen molar-refractivity contribution in [1.29, 1.82) is 0 Å². The summed E-state index contributed by atoms with van der Waals surface area (Å²) in [4.78, 5) is 12.9. The number of nitrogens with zero attached hydrogens (tertiary/aromatic N) is 1. The van der Waals surface area contributed by atoms with Crippen LogP contribution >= 0.6 is 0 Å². The van der Waals surface area contributed by atoms with Crippen LogP contribution in [0.2, 0.25) is 0 Å². The van der Waals surface area contributed by atoms with Crippen molar-refractivity contribution < 1.29 is 14.3 Å². The number of allylic oxidation sites excluding steroid dienone is 1. The van der Waals surface area contributed by atoms with E-state index in [0.717, 1.165) is 6.42 Å². The van der Waals surface area contributed by atoms with Gasteiger partial charge in [-0.25, -0.2) is 4.39 Å². The average molecular weight is 201 g/mol. The molecule has 0 saturated carbocycles. The van der Waals surface area contributed by atoms with Gasteiger partial charge in [0.15, 0.2) is 5.83 Å². The van der Waals surface area contributed by atoms with E-state index in [1.807, 2.05) is 0 Å². The molecule has 0 radical (unpaired) electrons. The molecule has 4 heteroatoms. The Kier molecular flexibility index (Phi) is 3.63. The smallest absolute Gasteiger partial charge is 0.282 e. The predicted octanol–water partition coefficient (Wildman–Crippen LogP) is 1.09. The second-order valence-electron chi connectivity index (χ2n) is 3.90. The maximum atomic E-state index is 13.2. The lowest BCUT2D eigenvalue weighted by Gasteiger charge is -2.15. The molecule has 1 atom stereocenters. The van der Waals surface area contributed by atoms with E-state index in [0.29, 0.717) is 18.7 Å². The van der Waals surface area contributed by atoms with Crippen LogP contribution in [0.15, 0.2) is 11.4 Å². The third-order valence-electron chi connectivity index (χ3n) is 2.46. The first-order chi connectivity index (χ1) is 6.56. The highest BCUT2D eigenvalue weighted by atomic mass is 19.1. The van der Waals surface area contributed by atoms with Gasteiger partial charge in [0.2, 0.25) is 0 Å². The normalized spacial score (nSPS) is 21.1. The fourth-order valence-corrected chi connectivity index (χ4v) is 1.52. The molecule has 3 nitrogen and oxygen atoms in total. The van der Waals surface area contributed by atoms with Crippen molar-refractivity contribution in [3.8, 4) is 0 Å². The molecule has 1 heterocycles. The van der Waals surface area contributed by atoms with Crippen LogP contribution in [0.1, 0.15) is 20.3 Å². The van der Waals surface area contributed by atoms with E-state index in [2.05, 4.69) is 0 Å². The van der Waals surface area contributed by atoms with Gasteiger partial charge in [0.1, 0.15) is 0 Å². The summed E-state index contributed by atoms with van der Waals surface area (Å²) >= 11 is 0. The van der Waals surface area contributed by atoms with Gasteiger partial charge in [0.25, 0.3) is 5.91 Å². The first-order valence-corrected chi connectivity index (χ1v) is 4.79. The minimum absolute atomic E-state index is 0.0697. The molecule has 1 saturated heterocycles. The number of aliphatic hydroxyl groups excluding tert-OH is 1. The summed E-state index contributed by atoms with van der Waals surface area (Å²) in [7, 11) is 0. The first kappa shape index (κ1) is 11.2. The van der Waals surface area contributed by atoms with Crippen molar-refractivity contribution in [2.45, 2.75) is 20.3 Å². The van der Waals surface area contributed by atoms with Crippen molar-refractivity contribution in [3.05, 3.63) is 11.4 Å². The summed E-state index contributed by atoms with van der Waals surface area (Å²) in [6, 6.07) is 0. The van der Waals surface area contributed by atoms with Crippen molar-refractivity contribution in [2.75, 3.05) is 19.7 Å². The summed E-state index contributed by atoms with van der Waals surface area (Å²) in [5.41, 5.74) is 0.405. The Morgan fingerprint density at radius 1 is 1.57 bits per heavy atom. The second kappa shape index (κ2) is 4.55. The Balaban J connectivity index is 2.60. The molecule has 0 spiro atoms. The maximum Gasteiger partial charge on any atom is 0.282 e. The number of hydrogen-bond acceptors (Lipinski definition) is 2. The third kappa shape index (κ3) is 2.32. The summed E-state index contributed by atoms with van der Waals surface area (Å²) in [6.07, 6.45) is 0.762. The molecule has 80 valence electrons. The number of rotatable bonds is 2. The van der Waals surface area contributed by atoms with Crippen molar-refractivity contribution >= 4 is 5.91 Å². The minimum atomic E-state index is -0.663. The van der Waals surface area contributed by atoms with Crippen LogP contribution in [-0.2, 0) is 4.79 Å². The Morgan fingerprint density at radius 3 is 2.64 bits per heavy atom. The molecular weight excluding hydrogens is 185 g/mol. The van der Waals surface area contributed by atoms with Crippen molar-refractivity contribution in [1.82, 2.24) is 4.90 Å². The van der Waals surface area contributed by atoms with Crippen LogP contribution in [0.3, 0.4) is 0 Å². The van der Waals surface area contributed by atoms with E-state index in [-0.39, 0.29) is 12.5 Å². The van der Waals surface area contributed by atoms with Crippen molar-refractivity contribution in [2.24, 2.45) is 5.92 Å². The van der Waals surface area contributed by atoms with E-state index in [4.69, 9.17) is 5.11 Å². The largest absolute Gasteiger partial charge is 0.396 e. The second-order valence-corrected chi connectivity index (χ2v) is 3.90. The molecular formula is C10H16FNO2. The highest BCUT2D eigenvalue weighted by Crippen LogP contribution is 2.19. The standard InChI is InChI=1S/C10H16FNO2/c1-7(2)9(11)10(14)12-4-3-8(5-12)6-13/h8,13H,3-6H2,1-2H3. The van der Waals surface area contributed by atoms with E-state index in [1.165, 1.54) is 4.90 Å². The Labute approximate surface area is 83.2 Å². The Bertz CT molecular complexity index is 259. The van der Waals surface area contributed by atoms with Gasteiger partial charge in [-0.15, -0.1) is 0 Å². The zero-order valence-electron chi connectivity index (χ0n) is 8.59. The van der Waals surface area contributed by atoms with Gasteiger partial charge in [-0.05, 0) is 25.8 Å². The molecule has 0 aliphatic carbocycles. The molecule has 0 aromatic heterocycles. The van der Waals surface area contributed by atoms with Crippen LogP contribution in [0.4, 0.5) is 4.39 Å². The van der Waals surface area contributed by atoms with Gasteiger partial charge < -0.3 is 10.0 Å². The van der Waals surface area contributed by atoms with E-state index < -0.39 is 11.7 Å². The highest BCUT2D eigenvalue weighted by molar-refractivity contribution is 5.92. The fraction of sp³-hybridized carbons (Fsp3) is 0.700.